The highest BCUT2D eigenvalue weighted by Gasteiger charge is 2.21. The highest BCUT2D eigenvalue weighted by Crippen LogP contribution is 2.18. The van der Waals surface area contributed by atoms with Crippen LogP contribution < -0.4 is 0 Å². The Hall–Kier alpha value is -2.89. The molecule has 0 aliphatic heterocycles. The molecular weight excluding hydrogens is 358 g/mol. The van der Waals surface area contributed by atoms with E-state index in [0.717, 1.165) is 24.4 Å². The minimum absolute atomic E-state index is 0.0737. The Bertz CT molecular complexity index is 879. The van der Waals surface area contributed by atoms with Crippen LogP contribution in [0.15, 0.2) is 30.3 Å². The molecule has 0 spiro atoms. The topological polar surface area (TPSA) is 74.6 Å². The minimum atomic E-state index is -0.733. The summed E-state index contributed by atoms with van der Waals surface area (Å²) in [5, 5.41) is 0. The standard InChI is InChI=1S/C22H27NO5/c1-14(2)10-11-23-15(3)12-19(16(23)4)20(24)13-28-22(26)18-9-7-6-8-17(18)21(25)27-5/h6-9,12,14H,10-11,13H2,1-5H3. The number of aryl methyl sites for hydroxylation is 1. The van der Waals surface area contributed by atoms with E-state index in [1.807, 2.05) is 19.9 Å². The van der Waals surface area contributed by atoms with Crippen LogP contribution in [0.1, 0.15) is 62.7 Å². The third-order valence-electron chi connectivity index (χ3n) is 4.69. The van der Waals surface area contributed by atoms with Crippen LogP contribution in [0.2, 0.25) is 0 Å². The Kier molecular flexibility index (Phi) is 7.15. The third kappa shape index (κ3) is 4.88. The first kappa shape index (κ1) is 21.4. The number of carbonyl (C=O) groups is 3. The van der Waals surface area contributed by atoms with E-state index in [0.29, 0.717) is 11.5 Å². The Morgan fingerprint density at radius 1 is 1.00 bits per heavy atom. The fourth-order valence-electron chi connectivity index (χ4n) is 3.05. The first-order valence-corrected chi connectivity index (χ1v) is 9.30. The zero-order chi connectivity index (χ0) is 20.8. The molecule has 6 heteroatoms. The molecule has 6 nitrogen and oxygen atoms in total. The first-order chi connectivity index (χ1) is 13.3. The molecular formula is C22H27NO5. The highest BCUT2D eigenvalue weighted by molar-refractivity contribution is 6.04. The molecule has 1 aromatic carbocycles. The number of rotatable bonds is 8. The van der Waals surface area contributed by atoms with Crippen molar-refractivity contribution in [3.63, 3.8) is 0 Å². The van der Waals surface area contributed by atoms with E-state index in [4.69, 9.17) is 4.74 Å². The van der Waals surface area contributed by atoms with E-state index in [9.17, 15) is 14.4 Å². The van der Waals surface area contributed by atoms with Gasteiger partial charge in [-0.1, -0.05) is 26.0 Å². The molecule has 1 heterocycles. The summed E-state index contributed by atoms with van der Waals surface area (Å²) in [7, 11) is 1.24. The van der Waals surface area contributed by atoms with Crippen molar-refractivity contribution < 1.29 is 23.9 Å². The number of hydrogen-bond donors (Lipinski definition) is 0. The van der Waals surface area contributed by atoms with E-state index in [1.165, 1.54) is 19.2 Å². The van der Waals surface area contributed by atoms with Gasteiger partial charge in [-0.2, -0.15) is 0 Å². The van der Waals surface area contributed by atoms with Crippen LogP contribution >= 0.6 is 0 Å². The minimum Gasteiger partial charge on any atom is -0.465 e. The van der Waals surface area contributed by atoms with Crippen molar-refractivity contribution in [1.82, 2.24) is 4.57 Å². The molecule has 0 unspecified atom stereocenters. The SMILES string of the molecule is COC(=O)c1ccccc1C(=O)OCC(=O)c1cc(C)n(CCC(C)C)c1C. The summed E-state index contributed by atoms with van der Waals surface area (Å²) < 4.78 is 12.0. The Morgan fingerprint density at radius 2 is 1.61 bits per heavy atom. The maximum Gasteiger partial charge on any atom is 0.339 e. The van der Waals surface area contributed by atoms with Crippen LogP contribution in [0.4, 0.5) is 0 Å². The molecule has 28 heavy (non-hydrogen) atoms. The predicted octanol–water partition coefficient (Wildman–Crippen LogP) is 3.98. The lowest BCUT2D eigenvalue weighted by molar-refractivity contribution is 0.0463. The smallest absolute Gasteiger partial charge is 0.339 e. The largest absolute Gasteiger partial charge is 0.465 e. The van der Waals surface area contributed by atoms with Crippen LogP contribution in [0, 0.1) is 19.8 Å². The summed E-state index contributed by atoms with van der Waals surface area (Å²) in [5.41, 5.74) is 2.60. The van der Waals surface area contributed by atoms with Crippen LogP contribution in [-0.4, -0.2) is 36.0 Å². The highest BCUT2D eigenvalue weighted by atomic mass is 16.5. The van der Waals surface area contributed by atoms with Crippen molar-refractivity contribution in [2.75, 3.05) is 13.7 Å². The van der Waals surface area contributed by atoms with Gasteiger partial charge in [0, 0.05) is 23.5 Å². The van der Waals surface area contributed by atoms with Crippen LogP contribution in [0.3, 0.4) is 0 Å². The summed E-state index contributed by atoms with van der Waals surface area (Å²) in [5.74, 6) is -1.07. The number of hydrogen-bond acceptors (Lipinski definition) is 5. The second-order valence-corrected chi connectivity index (χ2v) is 7.16. The lowest BCUT2D eigenvalue weighted by Gasteiger charge is -2.11. The molecule has 1 aromatic heterocycles. The number of Topliss-reactive ketones (excluding diaryl/α,β-unsaturated/α-hetero) is 1. The average Bonchev–Trinajstić information content (AvgIpc) is 2.97. The number of benzene rings is 1. The van der Waals surface area contributed by atoms with Gasteiger partial charge in [-0.05, 0) is 44.4 Å². The van der Waals surface area contributed by atoms with Gasteiger partial charge in [-0.15, -0.1) is 0 Å². The number of carbonyl (C=O) groups excluding carboxylic acids is 3. The molecule has 0 saturated carbocycles. The average molecular weight is 385 g/mol. The van der Waals surface area contributed by atoms with Gasteiger partial charge in [0.05, 0.1) is 18.2 Å². The van der Waals surface area contributed by atoms with E-state index < -0.39 is 11.9 Å². The van der Waals surface area contributed by atoms with Crippen LogP contribution in [-0.2, 0) is 16.0 Å². The number of aromatic nitrogens is 1. The summed E-state index contributed by atoms with van der Waals surface area (Å²) in [6.07, 6.45) is 1.02. The van der Waals surface area contributed by atoms with Crippen molar-refractivity contribution >= 4 is 17.7 Å². The van der Waals surface area contributed by atoms with Gasteiger partial charge in [0.25, 0.3) is 0 Å². The van der Waals surface area contributed by atoms with Gasteiger partial charge in [0.15, 0.2) is 6.61 Å². The molecule has 0 radical (unpaired) electrons. The van der Waals surface area contributed by atoms with Crippen molar-refractivity contribution in [2.45, 2.75) is 40.7 Å². The van der Waals surface area contributed by atoms with Gasteiger partial charge < -0.3 is 14.0 Å². The molecule has 0 amide bonds. The maximum atomic E-state index is 12.6. The van der Waals surface area contributed by atoms with Crippen molar-refractivity contribution in [3.05, 3.63) is 58.4 Å². The van der Waals surface area contributed by atoms with Gasteiger partial charge >= 0.3 is 11.9 Å². The van der Waals surface area contributed by atoms with E-state index in [2.05, 4.69) is 23.2 Å². The fourth-order valence-corrected chi connectivity index (χ4v) is 3.05. The Morgan fingerprint density at radius 3 is 2.18 bits per heavy atom. The van der Waals surface area contributed by atoms with Crippen molar-refractivity contribution in [3.8, 4) is 0 Å². The van der Waals surface area contributed by atoms with Crippen molar-refractivity contribution in [2.24, 2.45) is 5.92 Å². The molecule has 0 aliphatic rings. The molecule has 0 fully saturated rings. The van der Waals surface area contributed by atoms with Crippen molar-refractivity contribution in [1.29, 1.82) is 0 Å². The van der Waals surface area contributed by atoms with E-state index >= 15 is 0 Å². The molecule has 0 N–H and O–H groups in total. The molecule has 0 bridgehead atoms. The Labute approximate surface area is 165 Å². The van der Waals surface area contributed by atoms with Gasteiger partial charge in [-0.3, -0.25) is 4.79 Å². The number of ketones is 1. The first-order valence-electron chi connectivity index (χ1n) is 9.30. The Balaban J connectivity index is 2.10. The number of esters is 2. The molecule has 150 valence electrons. The molecule has 2 rings (SSSR count). The predicted molar refractivity (Wildman–Crippen MR) is 106 cm³/mol. The van der Waals surface area contributed by atoms with Gasteiger partial charge in [0.1, 0.15) is 0 Å². The normalized spacial score (nSPS) is 10.8. The zero-order valence-corrected chi connectivity index (χ0v) is 17.1. The molecule has 0 atom stereocenters. The molecule has 0 aliphatic carbocycles. The number of methoxy groups -OCH3 is 1. The fraction of sp³-hybridized carbons (Fsp3) is 0.409. The maximum absolute atomic E-state index is 12.6. The second-order valence-electron chi connectivity index (χ2n) is 7.16. The number of nitrogens with zero attached hydrogens (tertiary/aromatic N) is 1. The summed E-state index contributed by atoms with van der Waals surface area (Å²) >= 11 is 0. The molecule has 2 aromatic rings. The lowest BCUT2D eigenvalue weighted by atomic mass is 10.1. The summed E-state index contributed by atoms with van der Waals surface area (Å²) in [6, 6.07) is 8.02. The quantitative estimate of drug-likeness (QED) is 0.508. The lowest BCUT2D eigenvalue weighted by Crippen LogP contribution is -2.17. The molecule has 0 saturated heterocycles. The van der Waals surface area contributed by atoms with E-state index in [1.54, 1.807) is 12.1 Å². The zero-order valence-electron chi connectivity index (χ0n) is 17.1. The summed E-state index contributed by atoms with van der Waals surface area (Å²) in [4.78, 5) is 36.8. The van der Waals surface area contributed by atoms with Gasteiger partial charge in [0.2, 0.25) is 5.78 Å². The second kappa shape index (κ2) is 9.35. The number of ether oxygens (including phenoxy) is 2. The van der Waals surface area contributed by atoms with E-state index in [-0.39, 0.29) is 23.5 Å². The summed E-state index contributed by atoms with van der Waals surface area (Å²) in [6.45, 7) is 8.63. The van der Waals surface area contributed by atoms with Crippen LogP contribution in [0.5, 0.6) is 0 Å². The third-order valence-corrected chi connectivity index (χ3v) is 4.69. The van der Waals surface area contributed by atoms with Gasteiger partial charge in [-0.25, -0.2) is 9.59 Å². The van der Waals surface area contributed by atoms with Crippen LogP contribution in [0.25, 0.3) is 0 Å². The monoisotopic (exact) mass is 385 g/mol.